The Labute approximate surface area is 153 Å². The van der Waals surface area contributed by atoms with Gasteiger partial charge in [0.15, 0.2) is 5.65 Å². The first kappa shape index (κ1) is 17.0. The molecule has 1 fully saturated rings. The van der Waals surface area contributed by atoms with Gasteiger partial charge in [0.1, 0.15) is 0 Å². The standard InChI is InChI=1S/C20H24N4O2/c1-23-9-3-5-16(12-23)14-26-20-8-7-19-21-11-18(24(19)22-20)17-6-2-4-15(10-17)13-25/h2,4,6-8,10-11,16,25H,3,5,9,12-14H2,1H3. The molecule has 4 rings (SSSR count). The quantitative estimate of drug-likeness (QED) is 0.765. The molecule has 1 N–H and O–H groups in total. The molecule has 1 aliphatic heterocycles. The molecule has 3 heterocycles. The third-order valence-corrected chi connectivity index (χ3v) is 4.93. The van der Waals surface area contributed by atoms with Crippen LogP contribution in [-0.4, -0.2) is 51.3 Å². The smallest absolute Gasteiger partial charge is 0.231 e. The number of fused-ring (bicyclic) bond motifs is 1. The molecule has 1 atom stereocenters. The fraction of sp³-hybridized carbons (Fsp3) is 0.400. The van der Waals surface area contributed by atoms with Crippen LogP contribution >= 0.6 is 0 Å². The summed E-state index contributed by atoms with van der Waals surface area (Å²) < 4.78 is 7.79. The Hall–Kier alpha value is -2.44. The molecule has 0 saturated carbocycles. The van der Waals surface area contributed by atoms with Gasteiger partial charge in [-0.3, -0.25) is 0 Å². The first-order chi connectivity index (χ1) is 12.7. The van der Waals surface area contributed by atoms with Gasteiger partial charge in [0.25, 0.3) is 0 Å². The molecule has 0 bridgehead atoms. The van der Waals surface area contributed by atoms with Gasteiger partial charge in [-0.15, -0.1) is 5.10 Å². The number of aromatic nitrogens is 3. The van der Waals surface area contributed by atoms with E-state index in [1.807, 2.05) is 36.4 Å². The Kier molecular flexibility index (Phi) is 4.86. The number of aliphatic hydroxyl groups excluding tert-OH is 1. The maximum Gasteiger partial charge on any atom is 0.231 e. The van der Waals surface area contributed by atoms with Crippen molar-refractivity contribution in [3.8, 4) is 17.1 Å². The minimum atomic E-state index is 0.0161. The molecule has 1 saturated heterocycles. The Balaban J connectivity index is 1.56. The Morgan fingerprint density at radius 3 is 3.04 bits per heavy atom. The van der Waals surface area contributed by atoms with E-state index >= 15 is 0 Å². The lowest BCUT2D eigenvalue weighted by molar-refractivity contribution is 0.146. The predicted octanol–water partition coefficient (Wildman–Crippen LogP) is 2.61. The number of ether oxygens (including phenoxy) is 1. The number of nitrogens with zero attached hydrogens (tertiary/aromatic N) is 4. The highest BCUT2D eigenvalue weighted by Crippen LogP contribution is 2.23. The van der Waals surface area contributed by atoms with Crippen molar-refractivity contribution in [2.75, 3.05) is 26.7 Å². The molecule has 6 nitrogen and oxygen atoms in total. The van der Waals surface area contributed by atoms with Gasteiger partial charge in [-0.05, 0) is 44.1 Å². The monoisotopic (exact) mass is 352 g/mol. The van der Waals surface area contributed by atoms with Crippen LogP contribution in [0.4, 0.5) is 0 Å². The molecular formula is C20H24N4O2. The molecule has 0 spiro atoms. The summed E-state index contributed by atoms with van der Waals surface area (Å²) in [5, 5.41) is 14.0. The molecule has 0 aliphatic carbocycles. The van der Waals surface area contributed by atoms with Gasteiger partial charge in [0.2, 0.25) is 5.88 Å². The van der Waals surface area contributed by atoms with E-state index in [0.29, 0.717) is 18.4 Å². The normalized spacial score (nSPS) is 18.3. The van der Waals surface area contributed by atoms with Gasteiger partial charge >= 0.3 is 0 Å². The van der Waals surface area contributed by atoms with Crippen LogP contribution in [0.2, 0.25) is 0 Å². The molecule has 1 aliphatic rings. The highest BCUT2D eigenvalue weighted by Gasteiger charge is 2.18. The van der Waals surface area contributed by atoms with Crippen molar-refractivity contribution in [3.63, 3.8) is 0 Å². The van der Waals surface area contributed by atoms with Crippen LogP contribution in [0, 0.1) is 5.92 Å². The van der Waals surface area contributed by atoms with Crippen molar-refractivity contribution in [1.29, 1.82) is 0 Å². The average molecular weight is 352 g/mol. The van der Waals surface area contributed by atoms with Gasteiger partial charge < -0.3 is 14.7 Å². The minimum absolute atomic E-state index is 0.0161. The van der Waals surface area contributed by atoms with Crippen LogP contribution in [0.1, 0.15) is 18.4 Å². The molecule has 6 heteroatoms. The van der Waals surface area contributed by atoms with E-state index in [1.54, 1.807) is 10.7 Å². The van der Waals surface area contributed by atoms with E-state index in [9.17, 15) is 5.11 Å². The van der Waals surface area contributed by atoms with Gasteiger partial charge in [-0.2, -0.15) is 0 Å². The zero-order valence-corrected chi connectivity index (χ0v) is 15.0. The van der Waals surface area contributed by atoms with E-state index in [1.165, 1.54) is 19.4 Å². The third-order valence-electron chi connectivity index (χ3n) is 4.93. The van der Waals surface area contributed by atoms with Crippen LogP contribution in [0.5, 0.6) is 5.88 Å². The SMILES string of the molecule is CN1CCCC(COc2ccc3ncc(-c4cccc(CO)c4)n3n2)C1. The van der Waals surface area contributed by atoms with Crippen LogP contribution < -0.4 is 4.74 Å². The lowest BCUT2D eigenvalue weighted by Gasteiger charge is -2.29. The van der Waals surface area contributed by atoms with Crippen LogP contribution in [0.15, 0.2) is 42.6 Å². The molecule has 1 aromatic carbocycles. The average Bonchev–Trinajstić information content (AvgIpc) is 3.10. The molecule has 0 amide bonds. The number of benzene rings is 1. The van der Waals surface area contributed by atoms with Gasteiger partial charge in [0.05, 0.1) is 25.1 Å². The summed E-state index contributed by atoms with van der Waals surface area (Å²) in [4.78, 5) is 6.78. The van der Waals surface area contributed by atoms with Gasteiger partial charge in [-0.25, -0.2) is 9.50 Å². The summed E-state index contributed by atoms with van der Waals surface area (Å²) >= 11 is 0. The Morgan fingerprint density at radius 1 is 1.27 bits per heavy atom. The summed E-state index contributed by atoms with van der Waals surface area (Å²) in [7, 11) is 2.16. The summed E-state index contributed by atoms with van der Waals surface area (Å²) in [5.74, 6) is 1.16. The minimum Gasteiger partial charge on any atom is -0.476 e. The third kappa shape index (κ3) is 3.57. The van der Waals surface area contributed by atoms with Crippen molar-refractivity contribution >= 4 is 5.65 Å². The van der Waals surface area contributed by atoms with Crippen LogP contribution in [0.3, 0.4) is 0 Å². The summed E-state index contributed by atoms with van der Waals surface area (Å²) in [5.41, 5.74) is 3.51. The van der Waals surface area contributed by atoms with Crippen molar-refractivity contribution in [2.45, 2.75) is 19.4 Å². The molecular weight excluding hydrogens is 328 g/mol. The van der Waals surface area contributed by atoms with Gasteiger partial charge in [0, 0.05) is 24.1 Å². The highest BCUT2D eigenvalue weighted by molar-refractivity contribution is 5.63. The van der Waals surface area contributed by atoms with E-state index < -0.39 is 0 Å². The number of hydrogen-bond acceptors (Lipinski definition) is 5. The van der Waals surface area contributed by atoms with E-state index in [4.69, 9.17) is 4.74 Å². The van der Waals surface area contributed by atoms with Crippen molar-refractivity contribution in [3.05, 3.63) is 48.2 Å². The fourth-order valence-corrected chi connectivity index (χ4v) is 3.57. The summed E-state index contributed by atoms with van der Waals surface area (Å²) in [6, 6.07) is 11.6. The molecule has 0 radical (unpaired) electrons. The van der Waals surface area contributed by atoms with Crippen molar-refractivity contribution in [2.24, 2.45) is 5.92 Å². The van der Waals surface area contributed by atoms with E-state index in [-0.39, 0.29) is 6.61 Å². The number of hydrogen-bond donors (Lipinski definition) is 1. The zero-order valence-electron chi connectivity index (χ0n) is 15.0. The predicted molar refractivity (Wildman–Crippen MR) is 100 cm³/mol. The lowest BCUT2D eigenvalue weighted by atomic mass is 10.00. The Morgan fingerprint density at radius 2 is 2.19 bits per heavy atom. The molecule has 26 heavy (non-hydrogen) atoms. The second kappa shape index (κ2) is 7.43. The topological polar surface area (TPSA) is 62.9 Å². The first-order valence-electron chi connectivity index (χ1n) is 9.09. The molecule has 3 aromatic rings. The maximum atomic E-state index is 9.37. The number of aliphatic hydroxyl groups is 1. The van der Waals surface area contributed by atoms with Crippen molar-refractivity contribution < 1.29 is 9.84 Å². The number of piperidine rings is 1. The fourth-order valence-electron chi connectivity index (χ4n) is 3.57. The highest BCUT2D eigenvalue weighted by atomic mass is 16.5. The second-order valence-electron chi connectivity index (χ2n) is 7.03. The maximum absolute atomic E-state index is 9.37. The molecule has 2 aromatic heterocycles. The number of likely N-dealkylation sites (tertiary alicyclic amines) is 1. The van der Waals surface area contributed by atoms with Crippen LogP contribution in [0.25, 0.3) is 16.9 Å². The number of rotatable bonds is 5. The Bertz CT molecular complexity index is 892. The molecule has 136 valence electrons. The lowest BCUT2D eigenvalue weighted by Crippen LogP contribution is -2.34. The number of imidazole rings is 1. The second-order valence-corrected chi connectivity index (χ2v) is 7.03. The summed E-state index contributed by atoms with van der Waals surface area (Å²) in [6.45, 7) is 2.95. The van der Waals surface area contributed by atoms with Gasteiger partial charge in [-0.1, -0.05) is 18.2 Å². The first-order valence-corrected chi connectivity index (χ1v) is 9.09. The van der Waals surface area contributed by atoms with Crippen LogP contribution in [-0.2, 0) is 6.61 Å². The van der Waals surface area contributed by atoms with E-state index in [0.717, 1.165) is 29.0 Å². The zero-order chi connectivity index (χ0) is 17.9. The van der Waals surface area contributed by atoms with E-state index in [2.05, 4.69) is 22.0 Å². The van der Waals surface area contributed by atoms with Crippen molar-refractivity contribution in [1.82, 2.24) is 19.5 Å². The molecule has 1 unspecified atom stereocenters. The summed E-state index contributed by atoms with van der Waals surface area (Å²) in [6.07, 6.45) is 4.24. The largest absolute Gasteiger partial charge is 0.476 e.